The van der Waals surface area contributed by atoms with E-state index in [1.807, 2.05) is 0 Å². The van der Waals surface area contributed by atoms with Crippen LogP contribution in [0.2, 0.25) is 0 Å². The lowest BCUT2D eigenvalue weighted by molar-refractivity contribution is -0.121. The average Bonchev–Trinajstić information content (AvgIpc) is 2.26. The highest BCUT2D eigenvalue weighted by molar-refractivity contribution is 8.00. The summed E-state index contributed by atoms with van der Waals surface area (Å²) in [6.07, 6.45) is -3.20. The van der Waals surface area contributed by atoms with Crippen molar-refractivity contribution in [2.75, 3.05) is 0 Å². The van der Waals surface area contributed by atoms with Gasteiger partial charge in [-0.05, 0) is 29.5 Å². The van der Waals surface area contributed by atoms with Gasteiger partial charge in [0, 0.05) is 4.90 Å². The van der Waals surface area contributed by atoms with Crippen molar-refractivity contribution in [2.24, 2.45) is 5.73 Å². The molecule has 2 atom stereocenters. The Hall–Kier alpha value is -1.25. The van der Waals surface area contributed by atoms with Crippen LogP contribution in [0, 0.1) is 0 Å². The van der Waals surface area contributed by atoms with Crippen LogP contribution >= 0.6 is 11.8 Å². The molecule has 0 aliphatic carbocycles. The molecular weight excluding hydrogens is 283 g/mol. The fourth-order valence-corrected chi connectivity index (χ4v) is 1.95. The number of hydrogen-bond donors (Lipinski definition) is 3. The number of alkyl halides is 3. The van der Waals surface area contributed by atoms with Crippen molar-refractivity contribution in [1.29, 1.82) is 0 Å². The highest BCUT2D eigenvalue weighted by Crippen LogP contribution is 2.37. The maximum Gasteiger partial charge on any atom is 0.446 e. The maximum atomic E-state index is 12.1. The van der Waals surface area contributed by atoms with Crippen molar-refractivity contribution in [3.63, 3.8) is 0 Å². The first-order valence-electron chi connectivity index (χ1n) is 5.19. The van der Waals surface area contributed by atoms with Crippen LogP contribution in [-0.2, 0) is 4.79 Å². The first kappa shape index (κ1) is 15.8. The van der Waals surface area contributed by atoms with Crippen LogP contribution in [0.1, 0.15) is 18.1 Å². The molecule has 0 saturated carbocycles. The third kappa shape index (κ3) is 5.50. The Morgan fingerprint density at radius 3 is 2.21 bits per heavy atom. The van der Waals surface area contributed by atoms with E-state index in [2.05, 4.69) is 0 Å². The normalized spacial score (nSPS) is 15.0. The third-order valence-electron chi connectivity index (χ3n) is 2.23. The Labute approximate surface area is 111 Å². The second-order valence-corrected chi connectivity index (χ2v) is 4.94. The van der Waals surface area contributed by atoms with Gasteiger partial charge in [-0.2, -0.15) is 13.2 Å². The average molecular weight is 295 g/mol. The quantitative estimate of drug-likeness (QED) is 0.720. The first-order valence-corrected chi connectivity index (χ1v) is 6.01. The van der Waals surface area contributed by atoms with E-state index in [1.54, 1.807) is 0 Å². The van der Waals surface area contributed by atoms with Crippen LogP contribution in [0.15, 0.2) is 29.2 Å². The summed E-state index contributed by atoms with van der Waals surface area (Å²) in [6.45, 7) is 0. The van der Waals surface area contributed by atoms with Crippen LogP contribution in [0.5, 0.6) is 0 Å². The van der Waals surface area contributed by atoms with Gasteiger partial charge in [-0.15, -0.1) is 0 Å². The number of primary amides is 1. The predicted molar refractivity (Wildman–Crippen MR) is 63.1 cm³/mol. The van der Waals surface area contributed by atoms with Crippen LogP contribution in [0.3, 0.4) is 0 Å². The van der Waals surface area contributed by atoms with Gasteiger partial charge in [-0.25, -0.2) is 0 Å². The molecule has 19 heavy (non-hydrogen) atoms. The molecule has 0 heterocycles. The summed E-state index contributed by atoms with van der Waals surface area (Å²) < 4.78 is 36.3. The molecular formula is C11H12F3NO3S. The van der Waals surface area contributed by atoms with E-state index >= 15 is 0 Å². The van der Waals surface area contributed by atoms with Gasteiger partial charge in [0.1, 0.15) is 6.10 Å². The number of carbonyl (C=O) groups is 1. The number of benzene rings is 1. The minimum atomic E-state index is -4.38. The second-order valence-electron chi connectivity index (χ2n) is 3.80. The lowest BCUT2D eigenvalue weighted by Crippen LogP contribution is -2.25. The largest absolute Gasteiger partial charge is 0.446 e. The summed E-state index contributed by atoms with van der Waals surface area (Å²) in [5.41, 5.74) is 0.690. The summed E-state index contributed by atoms with van der Waals surface area (Å²) in [5, 5.41) is 19.1. The van der Waals surface area contributed by atoms with Crippen LogP contribution < -0.4 is 5.73 Å². The summed E-state index contributed by atoms with van der Waals surface area (Å²) in [7, 11) is 0. The molecule has 1 amide bonds. The molecule has 0 aliphatic rings. The van der Waals surface area contributed by atoms with Gasteiger partial charge in [0.05, 0.1) is 12.5 Å². The Balaban J connectivity index is 2.73. The zero-order valence-electron chi connectivity index (χ0n) is 9.59. The van der Waals surface area contributed by atoms with Gasteiger partial charge in [0.15, 0.2) is 0 Å². The second kappa shape index (κ2) is 6.27. The number of thioether (sulfide) groups is 1. The summed E-state index contributed by atoms with van der Waals surface area (Å²) in [4.78, 5) is 10.5. The molecule has 0 radical (unpaired) electrons. The van der Waals surface area contributed by atoms with Crippen molar-refractivity contribution < 1.29 is 28.2 Å². The van der Waals surface area contributed by atoms with Crippen molar-refractivity contribution in [1.82, 2.24) is 0 Å². The van der Waals surface area contributed by atoms with Gasteiger partial charge in [-0.1, -0.05) is 12.1 Å². The van der Waals surface area contributed by atoms with E-state index in [-0.39, 0.29) is 22.2 Å². The summed E-state index contributed by atoms with van der Waals surface area (Å²) in [5.74, 6) is -0.782. The van der Waals surface area contributed by atoms with Crippen molar-refractivity contribution in [3.05, 3.63) is 29.8 Å². The van der Waals surface area contributed by atoms with E-state index in [0.29, 0.717) is 0 Å². The Bertz CT molecular complexity index is 436. The fourth-order valence-electron chi connectivity index (χ4n) is 1.41. The molecule has 0 spiro atoms. The number of aliphatic hydroxyl groups is 2. The van der Waals surface area contributed by atoms with Crippen molar-refractivity contribution >= 4 is 17.7 Å². The summed E-state index contributed by atoms with van der Waals surface area (Å²) in [6, 6.07) is 4.85. The molecule has 0 aromatic heterocycles. The van der Waals surface area contributed by atoms with Gasteiger partial charge < -0.3 is 15.9 Å². The third-order valence-corrected chi connectivity index (χ3v) is 2.97. The number of carbonyl (C=O) groups excluding carboxylic acids is 1. The standard InChI is InChI=1S/C11H12F3NO3S/c12-11(13,14)19-7-3-1-6(2-4-7)10(18)8(16)5-9(15)17/h1-4,8,10,16,18H,5H2,(H2,15,17). The highest BCUT2D eigenvalue weighted by Gasteiger charge is 2.29. The minimum Gasteiger partial charge on any atom is -0.390 e. The molecule has 106 valence electrons. The molecule has 0 aliphatic heterocycles. The van der Waals surface area contributed by atoms with Crippen molar-refractivity contribution in [3.8, 4) is 0 Å². The van der Waals surface area contributed by atoms with Crippen LogP contribution in [0.25, 0.3) is 0 Å². The molecule has 0 fully saturated rings. The number of hydrogen-bond acceptors (Lipinski definition) is 4. The minimum absolute atomic E-state index is 0.0344. The van der Waals surface area contributed by atoms with Gasteiger partial charge in [0.2, 0.25) is 5.91 Å². The zero-order chi connectivity index (χ0) is 14.6. The van der Waals surface area contributed by atoms with Gasteiger partial charge in [0.25, 0.3) is 0 Å². The Morgan fingerprint density at radius 1 is 1.26 bits per heavy atom. The molecule has 1 aromatic rings. The molecule has 1 aromatic carbocycles. The van der Waals surface area contributed by atoms with E-state index < -0.39 is 30.0 Å². The number of amides is 1. The molecule has 2 unspecified atom stereocenters. The monoisotopic (exact) mass is 295 g/mol. The molecule has 0 bridgehead atoms. The topological polar surface area (TPSA) is 83.6 Å². The first-order chi connectivity index (χ1) is 8.69. The molecule has 4 nitrogen and oxygen atoms in total. The Kier molecular flexibility index (Phi) is 5.21. The molecule has 4 N–H and O–H groups in total. The molecule has 1 rings (SSSR count). The molecule has 0 saturated heterocycles. The van der Waals surface area contributed by atoms with Crippen LogP contribution in [-0.4, -0.2) is 27.7 Å². The lowest BCUT2D eigenvalue weighted by Gasteiger charge is -2.17. The number of halogens is 3. The smallest absolute Gasteiger partial charge is 0.390 e. The van der Waals surface area contributed by atoms with Crippen LogP contribution in [0.4, 0.5) is 13.2 Å². The van der Waals surface area contributed by atoms with E-state index in [4.69, 9.17) is 5.73 Å². The molecule has 8 heteroatoms. The Morgan fingerprint density at radius 2 is 1.79 bits per heavy atom. The fraction of sp³-hybridized carbons (Fsp3) is 0.364. The van der Waals surface area contributed by atoms with E-state index in [0.717, 1.165) is 0 Å². The van der Waals surface area contributed by atoms with Crippen molar-refractivity contribution in [2.45, 2.75) is 29.0 Å². The zero-order valence-corrected chi connectivity index (χ0v) is 10.4. The van der Waals surface area contributed by atoms with Gasteiger partial charge >= 0.3 is 5.51 Å². The number of nitrogens with two attached hydrogens (primary N) is 1. The summed E-state index contributed by atoms with van der Waals surface area (Å²) >= 11 is -0.278. The SMILES string of the molecule is NC(=O)CC(O)C(O)c1ccc(SC(F)(F)F)cc1. The van der Waals surface area contributed by atoms with E-state index in [1.165, 1.54) is 24.3 Å². The number of rotatable bonds is 5. The number of aliphatic hydroxyl groups excluding tert-OH is 2. The predicted octanol–water partition coefficient (Wildman–Crippen LogP) is 1.57. The lowest BCUT2D eigenvalue weighted by atomic mass is 10.0. The van der Waals surface area contributed by atoms with Gasteiger partial charge in [-0.3, -0.25) is 4.79 Å². The maximum absolute atomic E-state index is 12.1. The highest BCUT2D eigenvalue weighted by atomic mass is 32.2. The van der Waals surface area contributed by atoms with E-state index in [9.17, 15) is 28.2 Å².